The Labute approximate surface area is 171 Å². The van der Waals surface area contributed by atoms with Crippen LogP contribution in [0.15, 0.2) is 59.2 Å². The topological polar surface area (TPSA) is 51.0 Å². The third kappa shape index (κ3) is 4.90. The van der Waals surface area contributed by atoms with E-state index in [-0.39, 0.29) is 0 Å². The lowest BCUT2D eigenvalue weighted by Gasteiger charge is -2.29. The van der Waals surface area contributed by atoms with Crippen LogP contribution in [-0.2, 0) is 17.8 Å². The Morgan fingerprint density at radius 3 is 2.45 bits per heavy atom. The summed E-state index contributed by atoms with van der Waals surface area (Å²) in [6, 6.07) is 17.4. The fourth-order valence-corrected chi connectivity index (χ4v) is 3.56. The van der Waals surface area contributed by atoms with E-state index in [0.29, 0.717) is 19.1 Å². The molecule has 1 aliphatic rings. The lowest BCUT2D eigenvalue weighted by molar-refractivity contribution is 0.122. The Morgan fingerprint density at radius 1 is 1.03 bits per heavy atom. The minimum Gasteiger partial charge on any atom is -0.497 e. The van der Waals surface area contributed by atoms with E-state index in [1.807, 2.05) is 25.1 Å². The van der Waals surface area contributed by atoms with Gasteiger partial charge in [-0.2, -0.15) is 4.98 Å². The van der Waals surface area contributed by atoms with Gasteiger partial charge in [0.25, 0.3) is 6.01 Å². The van der Waals surface area contributed by atoms with E-state index >= 15 is 0 Å². The number of aryl methyl sites for hydroxylation is 1. The van der Waals surface area contributed by atoms with Gasteiger partial charge in [0.15, 0.2) is 0 Å². The highest BCUT2D eigenvalue weighted by Gasteiger charge is 2.16. The molecule has 0 spiro atoms. The molecule has 6 nitrogen and oxygen atoms in total. The van der Waals surface area contributed by atoms with Gasteiger partial charge in [0.1, 0.15) is 12.0 Å². The van der Waals surface area contributed by atoms with E-state index in [2.05, 4.69) is 45.1 Å². The molecule has 0 amide bonds. The number of methoxy groups -OCH3 is 1. The van der Waals surface area contributed by atoms with E-state index in [1.54, 1.807) is 13.4 Å². The lowest BCUT2D eigenvalue weighted by Crippen LogP contribution is -2.36. The SMILES string of the molecule is COc1cccc(CN(Cc2cccc(N3CCOCC3)c2)c2nc(C)co2)c1. The van der Waals surface area contributed by atoms with Crippen LogP contribution in [0.25, 0.3) is 0 Å². The fourth-order valence-electron chi connectivity index (χ4n) is 3.56. The molecule has 0 atom stereocenters. The highest BCUT2D eigenvalue weighted by molar-refractivity contribution is 5.50. The first kappa shape index (κ1) is 19.3. The van der Waals surface area contributed by atoms with E-state index in [4.69, 9.17) is 13.9 Å². The summed E-state index contributed by atoms with van der Waals surface area (Å²) in [6.07, 6.45) is 1.69. The van der Waals surface area contributed by atoms with Crippen LogP contribution in [0.5, 0.6) is 5.75 Å². The standard InChI is InChI=1S/C23H27N3O3/c1-18-17-29-23(24-18)26(16-20-6-4-8-22(14-20)27-2)15-19-5-3-7-21(13-19)25-9-11-28-12-10-25/h3-8,13-14,17H,9-12,15-16H2,1-2H3. The molecule has 0 saturated carbocycles. The highest BCUT2D eigenvalue weighted by Crippen LogP contribution is 2.24. The molecule has 6 heteroatoms. The molecule has 1 aliphatic heterocycles. The van der Waals surface area contributed by atoms with Crippen molar-refractivity contribution >= 4 is 11.7 Å². The molecule has 3 aromatic rings. The lowest BCUT2D eigenvalue weighted by atomic mass is 10.1. The number of nitrogens with zero attached hydrogens (tertiary/aromatic N) is 3. The Hall–Kier alpha value is -2.99. The van der Waals surface area contributed by atoms with Crippen molar-refractivity contribution in [1.29, 1.82) is 0 Å². The van der Waals surface area contributed by atoms with Crippen LogP contribution in [0.3, 0.4) is 0 Å². The number of morpholine rings is 1. The second-order valence-corrected chi connectivity index (χ2v) is 7.25. The van der Waals surface area contributed by atoms with Gasteiger partial charge in [0, 0.05) is 31.9 Å². The molecule has 4 rings (SSSR count). The summed E-state index contributed by atoms with van der Waals surface area (Å²) in [5, 5.41) is 0. The Balaban J connectivity index is 1.56. The molecule has 152 valence electrons. The van der Waals surface area contributed by atoms with Crippen LogP contribution in [0.1, 0.15) is 16.8 Å². The fraction of sp³-hybridized carbons (Fsp3) is 0.348. The first-order valence-corrected chi connectivity index (χ1v) is 9.93. The smallest absolute Gasteiger partial charge is 0.298 e. The monoisotopic (exact) mass is 393 g/mol. The number of oxazole rings is 1. The number of hydrogen-bond acceptors (Lipinski definition) is 6. The third-order valence-electron chi connectivity index (χ3n) is 5.05. The second kappa shape index (κ2) is 9.01. The van der Waals surface area contributed by atoms with Crippen molar-refractivity contribution < 1.29 is 13.9 Å². The molecule has 2 heterocycles. The van der Waals surface area contributed by atoms with E-state index in [1.165, 1.54) is 11.3 Å². The molecule has 1 saturated heterocycles. The number of aromatic nitrogens is 1. The van der Waals surface area contributed by atoms with Crippen LogP contribution in [0.2, 0.25) is 0 Å². The third-order valence-corrected chi connectivity index (χ3v) is 5.05. The van der Waals surface area contributed by atoms with Gasteiger partial charge in [-0.25, -0.2) is 0 Å². The van der Waals surface area contributed by atoms with Crippen molar-refractivity contribution in [1.82, 2.24) is 4.98 Å². The van der Waals surface area contributed by atoms with Gasteiger partial charge in [0.05, 0.1) is 26.0 Å². The summed E-state index contributed by atoms with van der Waals surface area (Å²) in [5.74, 6) is 0.848. The number of rotatable bonds is 7. The predicted octanol–water partition coefficient (Wildman–Crippen LogP) is 4.04. The number of anilines is 2. The van der Waals surface area contributed by atoms with Crippen molar-refractivity contribution in [3.05, 3.63) is 71.6 Å². The number of ether oxygens (including phenoxy) is 2. The highest BCUT2D eigenvalue weighted by atomic mass is 16.5. The molecular formula is C23H27N3O3. The average molecular weight is 393 g/mol. The minimum absolute atomic E-state index is 0.627. The van der Waals surface area contributed by atoms with E-state index < -0.39 is 0 Å². The molecule has 0 N–H and O–H groups in total. The number of benzene rings is 2. The molecule has 1 aromatic heterocycles. The van der Waals surface area contributed by atoms with E-state index in [0.717, 1.165) is 43.3 Å². The van der Waals surface area contributed by atoms with Crippen molar-refractivity contribution in [2.24, 2.45) is 0 Å². The summed E-state index contributed by atoms with van der Waals surface area (Å²) in [4.78, 5) is 9.08. The molecule has 1 fully saturated rings. The summed E-state index contributed by atoms with van der Waals surface area (Å²) in [5.41, 5.74) is 4.46. The minimum atomic E-state index is 0.627. The summed E-state index contributed by atoms with van der Waals surface area (Å²) >= 11 is 0. The zero-order chi connectivity index (χ0) is 20.1. The zero-order valence-corrected chi connectivity index (χ0v) is 17.0. The van der Waals surface area contributed by atoms with Gasteiger partial charge < -0.3 is 23.7 Å². The first-order valence-electron chi connectivity index (χ1n) is 9.93. The normalized spacial score (nSPS) is 14.1. The zero-order valence-electron chi connectivity index (χ0n) is 17.0. The predicted molar refractivity (Wildman–Crippen MR) is 114 cm³/mol. The quantitative estimate of drug-likeness (QED) is 0.604. The molecule has 0 unspecified atom stereocenters. The molecule has 0 bridgehead atoms. The van der Waals surface area contributed by atoms with Crippen molar-refractivity contribution in [2.75, 3.05) is 43.2 Å². The van der Waals surface area contributed by atoms with Crippen LogP contribution in [0, 0.1) is 6.92 Å². The van der Waals surface area contributed by atoms with Crippen LogP contribution in [0.4, 0.5) is 11.7 Å². The molecule has 29 heavy (non-hydrogen) atoms. The largest absolute Gasteiger partial charge is 0.497 e. The second-order valence-electron chi connectivity index (χ2n) is 7.25. The van der Waals surface area contributed by atoms with Gasteiger partial charge in [-0.1, -0.05) is 24.3 Å². The number of hydrogen-bond donors (Lipinski definition) is 0. The Bertz CT molecular complexity index is 934. The first-order chi connectivity index (χ1) is 14.2. The Morgan fingerprint density at radius 2 is 1.76 bits per heavy atom. The Kier molecular flexibility index (Phi) is 6.00. The van der Waals surface area contributed by atoms with Gasteiger partial charge >= 0.3 is 0 Å². The van der Waals surface area contributed by atoms with Gasteiger partial charge in [0.2, 0.25) is 0 Å². The van der Waals surface area contributed by atoms with Crippen LogP contribution >= 0.6 is 0 Å². The average Bonchev–Trinajstić information content (AvgIpc) is 3.20. The van der Waals surface area contributed by atoms with Crippen LogP contribution < -0.4 is 14.5 Å². The maximum atomic E-state index is 5.73. The van der Waals surface area contributed by atoms with Crippen LogP contribution in [-0.4, -0.2) is 38.4 Å². The van der Waals surface area contributed by atoms with E-state index in [9.17, 15) is 0 Å². The van der Waals surface area contributed by atoms with Gasteiger partial charge in [-0.05, 0) is 42.3 Å². The summed E-state index contributed by atoms with van der Waals surface area (Å²) < 4.78 is 16.6. The summed E-state index contributed by atoms with van der Waals surface area (Å²) in [6.45, 7) is 6.74. The van der Waals surface area contributed by atoms with Gasteiger partial charge in [-0.3, -0.25) is 0 Å². The maximum Gasteiger partial charge on any atom is 0.298 e. The van der Waals surface area contributed by atoms with Crippen molar-refractivity contribution in [3.63, 3.8) is 0 Å². The molecule has 0 radical (unpaired) electrons. The maximum absolute atomic E-state index is 5.73. The van der Waals surface area contributed by atoms with Gasteiger partial charge in [-0.15, -0.1) is 0 Å². The van der Waals surface area contributed by atoms with Crippen molar-refractivity contribution in [3.8, 4) is 5.75 Å². The van der Waals surface area contributed by atoms with Crippen molar-refractivity contribution in [2.45, 2.75) is 20.0 Å². The molecular weight excluding hydrogens is 366 g/mol. The molecule has 2 aromatic carbocycles. The summed E-state index contributed by atoms with van der Waals surface area (Å²) in [7, 11) is 1.69. The molecule has 0 aliphatic carbocycles.